The lowest BCUT2D eigenvalue weighted by molar-refractivity contribution is -0.120. The van der Waals surface area contributed by atoms with Gasteiger partial charge in [-0.3, -0.25) is 9.59 Å². The summed E-state index contributed by atoms with van der Waals surface area (Å²) in [5.41, 5.74) is 3.84. The molecule has 26 heavy (non-hydrogen) atoms. The molecule has 0 bridgehead atoms. The number of hydrogen-bond acceptors (Lipinski definition) is 4. The van der Waals surface area contributed by atoms with Crippen molar-refractivity contribution in [1.82, 2.24) is 10.7 Å². The van der Waals surface area contributed by atoms with Crippen LogP contribution in [0.4, 0.5) is 0 Å². The highest BCUT2D eigenvalue weighted by molar-refractivity contribution is 5.96. The number of carbonyl (C=O) groups is 2. The van der Waals surface area contributed by atoms with E-state index in [0.717, 1.165) is 5.56 Å². The van der Waals surface area contributed by atoms with E-state index in [-0.39, 0.29) is 12.5 Å². The quantitative estimate of drug-likeness (QED) is 0.567. The van der Waals surface area contributed by atoms with E-state index in [9.17, 15) is 9.59 Å². The minimum Gasteiger partial charge on any atom is -0.494 e. The lowest BCUT2D eigenvalue weighted by atomic mass is 10.2. The Bertz CT molecular complexity index is 769. The molecule has 6 nitrogen and oxygen atoms in total. The molecule has 0 spiro atoms. The number of hydrazone groups is 1. The molecular formula is C20H21N3O3. The minimum atomic E-state index is -0.409. The smallest absolute Gasteiger partial charge is 0.259 e. The van der Waals surface area contributed by atoms with Crippen LogP contribution < -0.4 is 15.5 Å². The fourth-order valence-corrected chi connectivity index (χ4v) is 2.04. The van der Waals surface area contributed by atoms with Crippen molar-refractivity contribution >= 4 is 24.1 Å². The van der Waals surface area contributed by atoms with Crippen LogP contribution in [0.5, 0.6) is 5.75 Å². The van der Waals surface area contributed by atoms with Crippen molar-refractivity contribution < 1.29 is 14.3 Å². The average molecular weight is 351 g/mol. The molecule has 0 saturated heterocycles. The van der Waals surface area contributed by atoms with E-state index in [4.69, 9.17) is 4.74 Å². The Kier molecular flexibility index (Phi) is 7.61. The van der Waals surface area contributed by atoms with Gasteiger partial charge in [-0.15, -0.1) is 0 Å². The number of nitrogens with one attached hydrogen (secondary N) is 2. The lowest BCUT2D eigenvalue weighted by Crippen LogP contribution is -2.34. The van der Waals surface area contributed by atoms with E-state index in [1.54, 1.807) is 30.3 Å². The molecule has 0 unspecified atom stereocenters. The topological polar surface area (TPSA) is 79.8 Å². The lowest BCUT2D eigenvalue weighted by Gasteiger charge is -2.06. The van der Waals surface area contributed by atoms with Crippen molar-refractivity contribution in [2.24, 2.45) is 5.10 Å². The highest BCUT2D eigenvalue weighted by Gasteiger charge is 2.07. The normalized spacial score (nSPS) is 10.8. The highest BCUT2D eigenvalue weighted by atomic mass is 16.5. The maximum atomic E-state index is 12.0. The van der Waals surface area contributed by atoms with Crippen molar-refractivity contribution in [2.75, 3.05) is 13.2 Å². The minimum absolute atomic E-state index is 0.161. The van der Waals surface area contributed by atoms with Gasteiger partial charge in [-0.05, 0) is 42.8 Å². The summed E-state index contributed by atoms with van der Waals surface area (Å²) < 4.78 is 5.31. The van der Waals surface area contributed by atoms with Gasteiger partial charge in [-0.1, -0.05) is 36.4 Å². The molecule has 2 aromatic carbocycles. The van der Waals surface area contributed by atoms with Crippen LogP contribution in [0.2, 0.25) is 0 Å². The number of carbonyl (C=O) groups excluding carboxylic acids is 2. The Hall–Kier alpha value is -3.41. The number of ether oxygens (including phenoxy) is 1. The molecular weight excluding hydrogens is 330 g/mol. The van der Waals surface area contributed by atoms with Gasteiger partial charge in [0.25, 0.3) is 11.8 Å². The van der Waals surface area contributed by atoms with Crippen molar-refractivity contribution in [2.45, 2.75) is 6.92 Å². The van der Waals surface area contributed by atoms with Crippen molar-refractivity contribution in [3.8, 4) is 5.75 Å². The van der Waals surface area contributed by atoms with E-state index >= 15 is 0 Å². The van der Waals surface area contributed by atoms with Gasteiger partial charge in [0, 0.05) is 11.8 Å². The van der Waals surface area contributed by atoms with Gasteiger partial charge in [-0.2, -0.15) is 5.10 Å². The summed E-state index contributed by atoms with van der Waals surface area (Å²) in [7, 11) is 0. The molecule has 2 aromatic rings. The van der Waals surface area contributed by atoms with Crippen LogP contribution in [-0.4, -0.2) is 31.2 Å². The summed E-state index contributed by atoms with van der Waals surface area (Å²) in [5, 5.41) is 6.32. The van der Waals surface area contributed by atoms with E-state index in [0.29, 0.717) is 17.9 Å². The molecule has 0 aliphatic heterocycles. The van der Waals surface area contributed by atoms with E-state index in [1.165, 1.54) is 6.21 Å². The molecule has 2 rings (SSSR count). The van der Waals surface area contributed by atoms with Crippen molar-refractivity contribution in [3.63, 3.8) is 0 Å². The molecule has 0 atom stereocenters. The third-order valence-corrected chi connectivity index (χ3v) is 3.28. The number of nitrogens with zero attached hydrogens (tertiary/aromatic N) is 1. The Balaban J connectivity index is 1.71. The molecule has 0 saturated carbocycles. The Labute approximate surface area is 152 Å². The first-order valence-corrected chi connectivity index (χ1v) is 8.23. The third kappa shape index (κ3) is 6.60. The van der Waals surface area contributed by atoms with Crippen LogP contribution in [0.3, 0.4) is 0 Å². The van der Waals surface area contributed by atoms with Gasteiger partial charge < -0.3 is 10.1 Å². The molecule has 2 N–H and O–H groups in total. The molecule has 0 heterocycles. The molecule has 6 heteroatoms. The van der Waals surface area contributed by atoms with Crippen LogP contribution in [-0.2, 0) is 4.79 Å². The standard InChI is InChI=1S/C20H21N3O3/c1-2-26-18-12-10-17(11-13-18)20(25)21-15-19(24)23-22-14-6-9-16-7-4-3-5-8-16/h3-14H,2,15H2,1H3,(H,21,25)(H,23,24)/b9-6+,22-14+. The number of hydrogen-bond donors (Lipinski definition) is 2. The van der Waals surface area contributed by atoms with Gasteiger partial charge in [0.1, 0.15) is 5.75 Å². The summed E-state index contributed by atoms with van der Waals surface area (Å²) in [6.07, 6.45) is 5.05. The fraction of sp³-hybridized carbons (Fsp3) is 0.150. The zero-order valence-corrected chi connectivity index (χ0v) is 14.5. The van der Waals surface area contributed by atoms with Gasteiger partial charge in [0.05, 0.1) is 13.2 Å². The molecule has 0 aliphatic rings. The second-order valence-corrected chi connectivity index (χ2v) is 5.22. The van der Waals surface area contributed by atoms with Crippen LogP contribution in [0, 0.1) is 0 Å². The molecule has 0 aromatic heterocycles. The molecule has 0 aliphatic carbocycles. The van der Waals surface area contributed by atoms with Gasteiger partial charge >= 0.3 is 0 Å². The highest BCUT2D eigenvalue weighted by Crippen LogP contribution is 2.11. The molecule has 134 valence electrons. The first-order valence-electron chi connectivity index (χ1n) is 8.23. The zero-order chi connectivity index (χ0) is 18.6. The molecule has 0 fully saturated rings. The maximum Gasteiger partial charge on any atom is 0.259 e. The SMILES string of the molecule is CCOc1ccc(C(=O)NCC(=O)N/N=C/C=C/c2ccccc2)cc1. The Morgan fingerprint density at radius 3 is 2.50 bits per heavy atom. The van der Waals surface area contributed by atoms with Crippen molar-refractivity contribution in [3.05, 3.63) is 71.8 Å². The second-order valence-electron chi connectivity index (χ2n) is 5.22. The summed E-state index contributed by atoms with van der Waals surface area (Å²) in [6, 6.07) is 16.4. The zero-order valence-electron chi connectivity index (χ0n) is 14.5. The van der Waals surface area contributed by atoms with Crippen LogP contribution in [0.1, 0.15) is 22.8 Å². The predicted molar refractivity (Wildman–Crippen MR) is 102 cm³/mol. The number of amides is 2. The van der Waals surface area contributed by atoms with E-state index < -0.39 is 5.91 Å². The number of benzene rings is 2. The predicted octanol–water partition coefficient (Wildman–Crippen LogP) is 2.63. The summed E-state index contributed by atoms with van der Waals surface area (Å²) >= 11 is 0. The first-order chi connectivity index (χ1) is 12.7. The third-order valence-electron chi connectivity index (χ3n) is 3.28. The monoisotopic (exact) mass is 351 g/mol. The van der Waals surface area contributed by atoms with Crippen molar-refractivity contribution in [1.29, 1.82) is 0 Å². The molecule has 0 radical (unpaired) electrons. The molecule has 2 amide bonds. The van der Waals surface area contributed by atoms with Crippen LogP contribution in [0.25, 0.3) is 6.08 Å². The largest absolute Gasteiger partial charge is 0.494 e. The van der Waals surface area contributed by atoms with Crippen LogP contribution >= 0.6 is 0 Å². The Morgan fingerprint density at radius 1 is 1.08 bits per heavy atom. The number of allylic oxidation sites excluding steroid dienone is 1. The number of rotatable bonds is 8. The second kappa shape index (κ2) is 10.5. The van der Waals surface area contributed by atoms with Crippen LogP contribution in [0.15, 0.2) is 65.8 Å². The first kappa shape index (κ1) is 18.9. The fourth-order valence-electron chi connectivity index (χ4n) is 2.04. The average Bonchev–Trinajstić information content (AvgIpc) is 2.67. The summed E-state index contributed by atoms with van der Waals surface area (Å²) in [4.78, 5) is 23.6. The van der Waals surface area contributed by atoms with Gasteiger partial charge in [-0.25, -0.2) is 5.43 Å². The van der Waals surface area contributed by atoms with Gasteiger partial charge in [0.15, 0.2) is 0 Å². The van der Waals surface area contributed by atoms with E-state index in [2.05, 4.69) is 15.8 Å². The maximum absolute atomic E-state index is 12.0. The Morgan fingerprint density at radius 2 is 1.81 bits per heavy atom. The van der Waals surface area contributed by atoms with E-state index in [1.807, 2.05) is 43.3 Å². The summed E-state index contributed by atoms with van der Waals surface area (Å²) in [6.45, 7) is 2.29. The summed E-state index contributed by atoms with van der Waals surface area (Å²) in [5.74, 6) is -0.0514. The van der Waals surface area contributed by atoms with Gasteiger partial charge in [0.2, 0.25) is 0 Å².